The van der Waals surface area contributed by atoms with Crippen LogP contribution in [0.5, 0.6) is 5.75 Å². The third-order valence-electron chi connectivity index (χ3n) is 5.13. The summed E-state index contributed by atoms with van der Waals surface area (Å²) in [6.45, 7) is -0.166. The van der Waals surface area contributed by atoms with Gasteiger partial charge in [-0.15, -0.1) is 10.2 Å². The lowest BCUT2D eigenvalue weighted by Crippen LogP contribution is -2.20. The van der Waals surface area contributed by atoms with Crippen LogP contribution in [-0.4, -0.2) is 38.1 Å². The molecule has 0 saturated heterocycles. The summed E-state index contributed by atoms with van der Waals surface area (Å²) in [6, 6.07) is 26.8. The predicted molar refractivity (Wildman–Crippen MR) is 127 cm³/mol. The zero-order valence-electron chi connectivity index (χ0n) is 18.0. The maximum Gasteiger partial charge on any atom is 0.262 e. The second-order valence-corrected chi connectivity index (χ2v) is 7.49. The van der Waals surface area contributed by atoms with Crippen LogP contribution in [-0.2, 0) is 4.79 Å². The Balaban J connectivity index is 1.19. The minimum atomic E-state index is -0.302. The molecule has 8 heteroatoms. The molecule has 3 aromatic carbocycles. The van der Waals surface area contributed by atoms with E-state index in [1.807, 2.05) is 48.5 Å². The molecule has 0 fully saturated rings. The summed E-state index contributed by atoms with van der Waals surface area (Å²) in [5.74, 6) is 0.131. The predicted octanol–water partition coefficient (Wildman–Crippen LogP) is 4.04. The fourth-order valence-electron chi connectivity index (χ4n) is 3.44. The minimum Gasteiger partial charge on any atom is -0.484 e. The first-order chi connectivity index (χ1) is 16.7. The zero-order chi connectivity index (χ0) is 23.3. The lowest BCUT2D eigenvalue weighted by atomic mass is 10.0. The average Bonchev–Trinajstić information content (AvgIpc) is 3.36. The standard InChI is InChI=1S/C26H19N5O3/c32-25(16-34-22-11-9-19(10-12-22)26(33)18-5-2-1-3-6-18)28-21-8-4-7-20(15-21)23-13-14-24-29-27-17-31(24)30-23/h1-15,17H,16H2,(H,28,32). The van der Waals surface area contributed by atoms with Gasteiger partial charge in [0.25, 0.3) is 5.91 Å². The van der Waals surface area contributed by atoms with Crippen molar-refractivity contribution in [3.8, 4) is 17.0 Å². The molecule has 34 heavy (non-hydrogen) atoms. The summed E-state index contributed by atoms with van der Waals surface area (Å²) in [6.07, 6.45) is 1.53. The topological polar surface area (TPSA) is 98.5 Å². The molecule has 0 aliphatic rings. The third-order valence-corrected chi connectivity index (χ3v) is 5.13. The van der Waals surface area contributed by atoms with Gasteiger partial charge in [-0.2, -0.15) is 9.61 Å². The molecule has 2 aromatic heterocycles. The number of nitrogens with zero attached hydrogens (tertiary/aromatic N) is 4. The molecule has 1 N–H and O–H groups in total. The van der Waals surface area contributed by atoms with Crippen LogP contribution in [0.15, 0.2) is 97.3 Å². The van der Waals surface area contributed by atoms with Crippen LogP contribution in [0.25, 0.3) is 16.9 Å². The zero-order valence-corrected chi connectivity index (χ0v) is 18.0. The number of anilines is 1. The first kappa shape index (κ1) is 21.0. The molecule has 5 aromatic rings. The van der Waals surface area contributed by atoms with E-state index in [1.54, 1.807) is 47.0 Å². The van der Waals surface area contributed by atoms with Crippen LogP contribution in [0.1, 0.15) is 15.9 Å². The number of ether oxygens (including phenoxy) is 1. The highest BCUT2D eigenvalue weighted by molar-refractivity contribution is 6.09. The number of rotatable bonds is 7. The van der Waals surface area contributed by atoms with E-state index in [0.717, 1.165) is 11.3 Å². The first-order valence-corrected chi connectivity index (χ1v) is 10.6. The van der Waals surface area contributed by atoms with Crippen molar-refractivity contribution in [3.05, 3.63) is 108 Å². The van der Waals surface area contributed by atoms with Crippen molar-refractivity contribution >= 4 is 23.0 Å². The Kier molecular flexibility index (Phi) is 5.77. The Morgan fingerprint density at radius 2 is 1.65 bits per heavy atom. The number of benzene rings is 3. The maximum atomic E-state index is 12.5. The van der Waals surface area contributed by atoms with Crippen molar-refractivity contribution in [1.29, 1.82) is 0 Å². The Morgan fingerprint density at radius 1 is 0.853 bits per heavy atom. The highest BCUT2D eigenvalue weighted by atomic mass is 16.5. The second kappa shape index (κ2) is 9.33. The Hall–Kier alpha value is -4.85. The molecule has 0 aliphatic carbocycles. The molecule has 166 valence electrons. The summed E-state index contributed by atoms with van der Waals surface area (Å²) in [5, 5.41) is 15.1. The molecule has 0 spiro atoms. The van der Waals surface area contributed by atoms with Gasteiger partial charge >= 0.3 is 0 Å². The number of hydrogen-bond donors (Lipinski definition) is 1. The lowest BCUT2D eigenvalue weighted by Gasteiger charge is -2.09. The van der Waals surface area contributed by atoms with Crippen molar-refractivity contribution in [3.63, 3.8) is 0 Å². The summed E-state index contributed by atoms with van der Waals surface area (Å²) >= 11 is 0. The molecule has 0 unspecified atom stereocenters. The fourth-order valence-corrected chi connectivity index (χ4v) is 3.44. The van der Waals surface area contributed by atoms with E-state index in [9.17, 15) is 9.59 Å². The molecular formula is C26H19N5O3. The van der Waals surface area contributed by atoms with Crippen molar-refractivity contribution < 1.29 is 14.3 Å². The van der Waals surface area contributed by atoms with Gasteiger partial charge in [-0.25, -0.2) is 0 Å². The maximum absolute atomic E-state index is 12.5. The van der Waals surface area contributed by atoms with Gasteiger partial charge < -0.3 is 10.1 Å². The number of carbonyl (C=O) groups is 2. The Bertz CT molecular complexity index is 1460. The second-order valence-electron chi connectivity index (χ2n) is 7.49. The van der Waals surface area contributed by atoms with Gasteiger partial charge in [-0.05, 0) is 48.5 Å². The van der Waals surface area contributed by atoms with Gasteiger partial charge in [0.2, 0.25) is 0 Å². The van der Waals surface area contributed by atoms with Gasteiger partial charge in [0, 0.05) is 22.4 Å². The van der Waals surface area contributed by atoms with Crippen molar-refractivity contribution in [2.24, 2.45) is 0 Å². The van der Waals surface area contributed by atoms with Gasteiger partial charge in [0.15, 0.2) is 18.0 Å². The Morgan fingerprint density at radius 3 is 2.47 bits per heavy atom. The highest BCUT2D eigenvalue weighted by Gasteiger charge is 2.10. The van der Waals surface area contributed by atoms with Crippen molar-refractivity contribution in [1.82, 2.24) is 19.8 Å². The van der Waals surface area contributed by atoms with Gasteiger partial charge in [-0.1, -0.05) is 42.5 Å². The summed E-state index contributed by atoms with van der Waals surface area (Å²) in [7, 11) is 0. The first-order valence-electron chi connectivity index (χ1n) is 10.6. The number of ketones is 1. The largest absolute Gasteiger partial charge is 0.484 e. The molecule has 0 bridgehead atoms. The van der Waals surface area contributed by atoms with E-state index in [4.69, 9.17) is 4.74 Å². The van der Waals surface area contributed by atoms with Crippen molar-refractivity contribution in [2.75, 3.05) is 11.9 Å². The number of fused-ring (bicyclic) bond motifs is 1. The SMILES string of the molecule is O=C(COc1ccc(C(=O)c2ccccc2)cc1)Nc1cccc(-c2ccc3nncn3n2)c1. The van der Waals surface area contributed by atoms with E-state index < -0.39 is 0 Å². The number of hydrogen-bond acceptors (Lipinski definition) is 6. The monoisotopic (exact) mass is 449 g/mol. The molecule has 0 saturated carbocycles. The summed E-state index contributed by atoms with van der Waals surface area (Å²) in [4.78, 5) is 24.9. The number of amides is 1. The molecule has 0 aliphatic heterocycles. The number of carbonyl (C=O) groups excluding carboxylic acids is 2. The van der Waals surface area contributed by atoms with E-state index in [1.165, 1.54) is 6.33 Å². The Labute approximate surface area is 194 Å². The van der Waals surface area contributed by atoms with E-state index in [-0.39, 0.29) is 18.3 Å². The molecule has 5 rings (SSSR count). The summed E-state index contributed by atoms with van der Waals surface area (Å²) < 4.78 is 7.17. The molecule has 0 atom stereocenters. The summed E-state index contributed by atoms with van der Waals surface area (Å²) in [5.41, 5.74) is 4.02. The van der Waals surface area contributed by atoms with Gasteiger partial charge in [0.1, 0.15) is 12.1 Å². The molecule has 8 nitrogen and oxygen atoms in total. The molecular weight excluding hydrogens is 430 g/mol. The van der Waals surface area contributed by atoms with Crippen LogP contribution >= 0.6 is 0 Å². The van der Waals surface area contributed by atoms with Gasteiger partial charge in [0.05, 0.1) is 5.69 Å². The average molecular weight is 449 g/mol. The van der Waals surface area contributed by atoms with E-state index in [0.29, 0.717) is 28.2 Å². The van der Waals surface area contributed by atoms with Crippen LogP contribution in [0, 0.1) is 0 Å². The minimum absolute atomic E-state index is 0.0669. The van der Waals surface area contributed by atoms with Gasteiger partial charge in [-0.3, -0.25) is 9.59 Å². The van der Waals surface area contributed by atoms with Crippen LogP contribution < -0.4 is 10.1 Å². The van der Waals surface area contributed by atoms with E-state index >= 15 is 0 Å². The quantitative estimate of drug-likeness (QED) is 0.377. The van der Waals surface area contributed by atoms with Crippen molar-refractivity contribution in [2.45, 2.75) is 0 Å². The lowest BCUT2D eigenvalue weighted by molar-refractivity contribution is -0.118. The fraction of sp³-hybridized carbons (Fsp3) is 0.0385. The number of nitrogens with one attached hydrogen (secondary N) is 1. The molecule has 0 radical (unpaired) electrons. The molecule has 2 heterocycles. The van der Waals surface area contributed by atoms with Crippen LogP contribution in [0.4, 0.5) is 5.69 Å². The van der Waals surface area contributed by atoms with Crippen LogP contribution in [0.2, 0.25) is 0 Å². The number of aromatic nitrogens is 4. The highest BCUT2D eigenvalue weighted by Crippen LogP contribution is 2.21. The third kappa shape index (κ3) is 4.66. The van der Waals surface area contributed by atoms with Crippen LogP contribution in [0.3, 0.4) is 0 Å². The smallest absolute Gasteiger partial charge is 0.262 e. The van der Waals surface area contributed by atoms with E-state index in [2.05, 4.69) is 20.6 Å². The molecule has 1 amide bonds. The normalized spacial score (nSPS) is 10.7.